The second kappa shape index (κ2) is 5.22. The number of hydrogen-bond acceptors (Lipinski definition) is 2. The Labute approximate surface area is 54.6 Å². The molecule has 0 atom stereocenters. The van der Waals surface area contributed by atoms with E-state index in [1.54, 1.807) is 13.0 Å². The van der Waals surface area contributed by atoms with Gasteiger partial charge in [-0.3, -0.25) is 4.79 Å². The fraction of sp³-hybridized carbons (Fsp3) is 0.429. The van der Waals surface area contributed by atoms with Crippen LogP contribution in [0, 0.1) is 0 Å². The zero-order chi connectivity index (χ0) is 7.11. The highest BCUT2D eigenvalue weighted by atomic mass is 16.1. The molecule has 0 N–H and O–H groups in total. The van der Waals surface area contributed by atoms with Crippen LogP contribution in [-0.2, 0) is 9.59 Å². The highest BCUT2D eigenvalue weighted by Gasteiger charge is 1.90. The van der Waals surface area contributed by atoms with Gasteiger partial charge in [-0.05, 0) is 18.9 Å². The Morgan fingerprint density at radius 1 is 1.44 bits per heavy atom. The first-order valence-electron chi connectivity index (χ1n) is 2.89. The van der Waals surface area contributed by atoms with Crippen LogP contribution in [0.5, 0.6) is 0 Å². The molecule has 0 aliphatic rings. The van der Waals surface area contributed by atoms with Gasteiger partial charge >= 0.3 is 0 Å². The summed E-state index contributed by atoms with van der Waals surface area (Å²) < 4.78 is 0. The van der Waals surface area contributed by atoms with E-state index in [1.807, 2.05) is 0 Å². The fourth-order valence-electron chi connectivity index (χ4n) is 0.497. The van der Waals surface area contributed by atoms with Gasteiger partial charge in [0.15, 0.2) is 0 Å². The summed E-state index contributed by atoms with van der Waals surface area (Å²) in [5, 5.41) is 0. The molecule has 0 amide bonds. The Morgan fingerprint density at radius 3 is 2.44 bits per heavy atom. The fourth-order valence-corrected chi connectivity index (χ4v) is 0.497. The predicted octanol–water partition coefficient (Wildman–Crippen LogP) is 1.11. The monoisotopic (exact) mass is 126 g/mol. The van der Waals surface area contributed by atoms with Crippen molar-refractivity contribution in [3.8, 4) is 0 Å². The van der Waals surface area contributed by atoms with Crippen molar-refractivity contribution in [3.05, 3.63) is 11.6 Å². The average molecular weight is 126 g/mol. The molecule has 0 unspecified atom stereocenters. The van der Waals surface area contributed by atoms with Gasteiger partial charge in [0.25, 0.3) is 0 Å². The molecule has 0 aromatic carbocycles. The Kier molecular flexibility index (Phi) is 4.69. The molecule has 2 nitrogen and oxygen atoms in total. The molecule has 50 valence electrons. The maximum atomic E-state index is 10.1. The van der Waals surface area contributed by atoms with E-state index in [9.17, 15) is 9.59 Å². The van der Waals surface area contributed by atoms with Gasteiger partial charge in [0.05, 0.1) is 0 Å². The van der Waals surface area contributed by atoms with E-state index in [-0.39, 0.29) is 0 Å². The third kappa shape index (κ3) is 3.64. The van der Waals surface area contributed by atoms with E-state index in [0.29, 0.717) is 18.4 Å². The number of carbonyl (C=O) groups excluding carboxylic acids is 2. The summed E-state index contributed by atoms with van der Waals surface area (Å²) in [5.74, 6) is 0. The van der Waals surface area contributed by atoms with Gasteiger partial charge in [-0.15, -0.1) is 0 Å². The summed E-state index contributed by atoms with van der Waals surface area (Å²) in [7, 11) is 0. The van der Waals surface area contributed by atoms with Gasteiger partial charge < -0.3 is 4.79 Å². The molecule has 0 bridgehead atoms. The Hall–Kier alpha value is -0.920. The second-order valence-electron chi connectivity index (χ2n) is 1.69. The van der Waals surface area contributed by atoms with E-state index in [1.165, 1.54) is 0 Å². The Morgan fingerprint density at radius 2 is 2.11 bits per heavy atom. The van der Waals surface area contributed by atoms with Crippen molar-refractivity contribution in [3.63, 3.8) is 0 Å². The number of hydrogen-bond donors (Lipinski definition) is 0. The lowest BCUT2D eigenvalue weighted by Crippen LogP contribution is -1.84. The third-order valence-corrected chi connectivity index (χ3v) is 1.07. The lowest BCUT2D eigenvalue weighted by molar-refractivity contribution is -0.107. The average Bonchev–Trinajstić information content (AvgIpc) is 1.91. The van der Waals surface area contributed by atoms with Gasteiger partial charge in [0.2, 0.25) is 0 Å². The molecular formula is C7H10O2. The maximum Gasteiger partial charge on any atom is 0.145 e. The zero-order valence-electron chi connectivity index (χ0n) is 5.46. The van der Waals surface area contributed by atoms with Crippen LogP contribution in [0.4, 0.5) is 0 Å². The van der Waals surface area contributed by atoms with Crippen molar-refractivity contribution in [2.24, 2.45) is 0 Å². The smallest absolute Gasteiger partial charge is 0.145 e. The van der Waals surface area contributed by atoms with Crippen LogP contribution in [0.3, 0.4) is 0 Å². The minimum absolute atomic E-state index is 0.443. The first kappa shape index (κ1) is 8.08. The van der Waals surface area contributed by atoms with E-state index in [4.69, 9.17) is 0 Å². The highest BCUT2D eigenvalue weighted by molar-refractivity contribution is 5.73. The lowest BCUT2D eigenvalue weighted by atomic mass is 10.2. The van der Waals surface area contributed by atoms with Crippen LogP contribution >= 0.6 is 0 Å². The van der Waals surface area contributed by atoms with E-state index >= 15 is 0 Å². The van der Waals surface area contributed by atoms with Gasteiger partial charge in [-0.25, -0.2) is 0 Å². The molecular weight excluding hydrogens is 116 g/mol. The molecule has 9 heavy (non-hydrogen) atoms. The minimum atomic E-state index is 0.443. The number of aldehydes is 2. The maximum absolute atomic E-state index is 10.1. The Balaban J connectivity index is 3.57. The summed E-state index contributed by atoms with van der Waals surface area (Å²) in [6.07, 6.45) is 4.33. The number of carbonyl (C=O) groups is 2. The normalized spacial score (nSPS) is 11.0. The summed E-state index contributed by atoms with van der Waals surface area (Å²) >= 11 is 0. The molecule has 2 heteroatoms. The SMILES string of the molecule is C/C=C(\C=O)CCC=O. The molecule has 0 radical (unpaired) electrons. The van der Waals surface area contributed by atoms with E-state index in [0.717, 1.165) is 12.6 Å². The largest absolute Gasteiger partial charge is 0.303 e. The number of rotatable bonds is 4. The van der Waals surface area contributed by atoms with Crippen LogP contribution in [-0.4, -0.2) is 12.6 Å². The molecule has 0 aliphatic carbocycles. The van der Waals surface area contributed by atoms with Crippen LogP contribution in [0.15, 0.2) is 11.6 Å². The van der Waals surface area contributed by atoms with Gasteiger partial charge in [-0.1, -0.05) is 6.08 Å². The van der Waals surface area contributed by atoms with Crippen LogP contribution in [0.25, 0.3) is 0 Å². The van der Waals surface area contributed by atoms with E-state index < -0.39 is 0 Å². The summed E-state index contributed by atoms with van der Waals surface area (Å²) in [4.78, 5) is 19.9. The Bertz CT molecular complexity index is 125. The van der Waals surface area contributed by atoms with Crippen molar-refractivity contribution >= 4 is 12.6 Å². The first-order chi connectivity index (χ1) is 4.35. The van der Waals surface area contributed by atoms with Crippen molar-refractivity contribution in [1.82, 2.24) is 0 Å². The molecule has 0 heterocycles. The molecule has 0 saturated carbocycles. The first-order valence-corrected chi connectivity index (χ1v) is 2.89. The second-order valence-corrected chi connectivity index (χ2v) is 1.69. The van der Waals surface area contributed by atoms with Gasteiger partial charge in [0.1, 0.15) is 12.6 Å². The standard InChI is InChI=1S/C7H10O2/c1-2-7(6-9)4-3-5-8/h2,5-6H,3-4H2,1H3/b7-2-. The topological polar surface area (TPSA) is 34.1 Å². The van der Waals surface area contributed by atoms with Gasteiger partial charge in [0, 0.05) is 6.42 Å². The van der Waals surface area contributed by atoms with Crippen molar-refractivity contribution in [2.75, 3.05) is 0 Å². The van der Waals surface area contributed by atoms with Crippen LogP contribution in [0.2, 0.25) is 0 Å². The van der Waals surface area contributed by atoms with Crippen molar-refractivity contribution in [1.29, 1.82) is 0 Å². The molecule has 0 rings (SSSR count). The molecule has 0 fully saturated rings. The molecule has 0 aromatic rings. The number of allylic oxidation sites excluding steroid dienone is 2. The lowest BCUT2D eigenvalue weighted by Gasteiger charge is -1.89. The van der Waals surface area contributed by atoms with Crippen LogP contribution < -0.4 is 0 Å². The highest BCUT2D eigenvalue weighted by Crippen LogP contribution is 1.98. The molecule has 0 saturated heterocycles. The summed E-state index contributed by atoms with van der Waals surface area (Å²) in [6, 6.07) is 0. The third-order valence-electron chi connectivity index (χ3n) is 1.07. The molecule has 0 aliphatic heterocycles. The van der Waals surface area contributed by atoms with Gasteiger partial charge in [-0.2, -0.15) is 0 Å². The quantitative estimate of drug-likeness (QED) is 0.417. The summed E-state index contributed by atoms with van der Waals surface area (Å²) in [6.45, 7) is 1.79. The minimum Gasteiger partial charge on any atom is -0.303 e. The molecule has 0 spiro atoms. The zero-order valence-corrected chi connectivity index (χ0v) is 5.46. The van der Waals surface area contributed by atoms with Crippen molar-refractivity contribution < 1.29 is 9.59 Å². The predicted molar refractivity (Wildman–Crippen MR) is 35.1 cm³/mol. The van der Waals surface area contributed by atoms with Crippen molar-refractivity contribution in [2.45, 2.75) is 19.8 Å². The molecule has 0 aromatic heterocycles. The van der Waals surface area contributed by atoms with E-state index in [2.05, 4.69) is 0 Å². The summed E-state index contributed by atoms with van der Waals surface area (Å²) in [5.41, 5.74) is 0.696. The van der Waals surface area contributed by atoms with Crippen LogP contribution in [0.1, 0.15) is 19.8 Å².